The minimum absolute atomic E-state index is 0.952. The van der Waals surface area contributed by atoms with Gasteiger partial charge in [-0.2, -0.15) is 0 Å². The van der Waals surface area contributed by atoms with Gasteiger partial charge < -0.3 is 4.57 Å². The van der Waals surface area contributed by atoms with Crippen LogP contribution in [0.25, 0.3) is 28.1 Å². The summed E-state index contributed by atoms with van der Waals surface area (Å²) < 4.78 is 4.28. The molecule has 2 heterocycles. The van der Waals surface area contributed by atoms with Crippen LogP contribution in [0, 0.1) is 0 Å². The van der Waals surface area contributed by atoms with Crippen LogP contribution in [0.2, 0.25) is 0 Å². The molecule has 5 aromatic rings. The largest absolute Gasteiger partial charge is 0.313 e. The van der Waals surface area contributed by atoms with Crippen molar-refractivity contribution in [3.8, 4) is 11.3 Å². The molecule has 0 amide bonds. The third-order valence-electron chi connectivity index (χ3n) is 4.56. The zero-order valence-electron chi connectivity index (χ0n) is 15.1. The number of hydrogen-bond acceptors (Lipinski definition) is 1. The molecule has 4 heteroatoms. The summed E-state index contributed by atoms with van der Waals surface area (Å²) in [5.41, 5.74) is 5.89. The van der Waals surface area contributed by atoms with Crippen molar-refractivity contribution in [1.29, 1.82) is 0 Å². The maximum Gasteiger partial charge on any atom is 0.215 e. The minimum atomic E-state index is 0.952. The van der Waals surface area contributed by atoms with Gasteiger partial charge in [-0.25, -0.2) is 4.98 Å². The van der Waals surface area contributed by atoms with Crippen molar-refractivity contribution < 1.29 is 0 Å². The average molecular weight is 418 g/mol. The van der Waals surface area contributed by atoms with Gasteiger partial charge in [0.25, 0.3) is 0 Å². The number of imidazole rings is 2. The van der Waals surface area contributed by atoms with E-state index in [1.165, 1.54) is 16.8 Å². The van der Waals surface area contributed by atoms with Crippen molar-refractivity contribution in [2.45, 2.75) is 5.33 Å². The molecule has 2 aromatic heterocycles. The lowest BCUT2D eigenvalue weighted by atomic mass is 10.2. The Bertz CT molecular complexity index is 1160. The van der Waals surface area contributed by atoms with Crippen molar-refractivity contribution in [3.05, 3.63) is 96.7 Å². The molecule has 5 rings (SSSR count). The fraction of sp³-hybridized carbons (Fsp3) is 0.0870. The summed E-state index contributed by atoms with van der Waals surface area (Å²) in [5, 5.41) is 0.952. The van der Waals surface area contributed by atoms with Crippen LogP contribution in [-0.4, -0.2) is 14.0 Å². The van der Waals surface area contributed by atoms with Gasteiger partial charge in [0.2, 0.25) is 5.78 Å². The number of aromatic nitrogens is 3. The molecule has 0 bridgehead atoms. The summed E-state index contributed by atoms with van der Waals surface area (Å²) in [7, 11) is 2.06. The lowest BCUT2D eigenvalue weighted by Crippen LogP contribution is -1.91. The molecular formula is C23H20BrN3. The molecule has 134 valence electrons. The number of benzene rings is 3. The first kappa shape index (κ1) is 17.6. The summed E-state index contributed by atoms with van der Waals surface area (Å²) >= 11 is 3.36. The van der Waals surface area contributed by atoms with Crippen molar-refractivity contribution >= 4 is 32.7 Å². The van der Waals surface area contributed by atoms with Crippen molar-refractivity contribution in [2.24, 2.45) is 7.05 Å². The van der Waals surface area contributed by atoms with E-state index in [0.717, 1.165) is 22.1 Å². The van der Waals surface area contributed by atoms with E-state index in [-0.39, 0.29) is 0 Å². The van der Waals surface area contributed by atoms with E-state index < -0.39 is 0 Å². The second-order valence-electron chi connectivity index (χ2n) is 6.33. The number of aryl methyl sites for hydroxylation is 1. The van der Waals surface area contributed by atoms with Crippen LogP contribution in [-0.2, 0) is 12.4 Å². The minimum Gasteiger partial charge on any atom is -0.313 e. The summed E-state index contributed by atoms with van der Waals surface area (Å²) in [5.74, 6) is 0.972. The SMILES string of the molecule is BrCc1ccccc1.Cn1c(-c2ccccc2)cn2c3ccccc3nc12. The Morgan fingerprint density at radius 1 is 0.815 bits per heavy atom. The van der Waals surface area contributed by atoms with Gasteiger partial charge in [0.1, 0.15) is 0 Å². The third-order valence-corrected chi connectivity index (χ3v) is 5.20. The van der Waals surface area contributed by atoms with Crippen LogP contribution in [0.15, 0.2) is 91.1 Å². The lowest BCUT2D eigenvalue weighted by Gasteiger charge is -2.01. The van der Waals surface area contributed by atoms with Crippen LogP contribution < -0.4 is 0 Å². The molecule has 0 saturated heterocycles. The van der Waals surface area contributed by atoms with Gasteiger partial charge in [-0.3, -0.25) is 4.40 Å². The smallest absolute Gasteiger partial charge is 0.215 e. The molecule has 0 spiro atoms. The number of fused-ring (bicyclic) bond motifs is 3. The Hall–Kier alpha value is -2.85. The van der Waals surface area contributed by atoms with E-state index in [9.17, 15) is 0 Å². The van der Waals surface area contributed by atoms with Crippen LogP contribution >= 0.6 is 15.9 Å². The Morgan fingerprint density at radius 2 is 1.44 bits per heavy atom. The van der Waals surface area contributed by atoms with E-state index in [4.69, 9.17) is 0 Å². The number of alkyl halides is 1. The highest BCUT2D eigenvalue weighted by molar-refractivity contribution is 9.08. The molecule has 0 radical (unpaired) electrons. The highest BCUT2D eigenvalue weighted by atomic mass is 79.9. The van der Waals surface area contributed by atoms with E-state index in [1.807, 2.05) is 42.5 Å². The number of hydrogen-bond donors (Lipinski definition) is 0. The normalized spacial score (nSPS) is 10.7. The van der Waals surface area contributed by atoms with Crippen molar-refractivity contribution in [1.82, 2.24) is 14.0 Å². The van der Waals surface area contributed by atoms with Crippen molar-refractivity contribution in [3.63, 3.8) is 0 Å². The Kier molecular flexibility index (Phi) is 5.07. The summed E-state index contributed by atoms with van der Waals surface area (Å²) in [6, 6.07) is 28.9. The first-order chi connectivity index (χ1) is 13.3. The number of para-hydroxylation sites is 2. The topological polar surface area (TPSA) is 22.2 Å². The van der Waals surface area contributed by atoms with E-state index >= 15 is 0 Å². The number of halogens is 1. The average Bonchev–Trinajstić information content (AvgIpc) is 3.26. The summed E-state index contributed by atoms with van der Waals surface area (Å²) in [6.45, 7) is 0. The van der Waals surface area contributed by atoms with Crippen LogP contribution in [0.5, 0.6) is 0 Å². The molecule has 0 N–H and O–H groups in total. The van der Waals surface area contributed by atoms with Gasteiger partial charge >= 0.3 is 0 Å². The molecule has 0 fully saturated rings. The highest BCUT2D eigenvalue weighted by Crippen LogP contribution is 2.25. The van der Waals surface area contributed by atoms with Crippen LogP contribution in [0.4, 0.5) is 0 Å². The fourth-order valence-electron chi connectivity index (χ4n) is 3.16. The predicted molar refractivity (Wildman–Crippen MR) is 116 cm³/mol. The second-order valence-corrected chi connectivity index (χ2v) is 6.89. The molecular weight excluding hydrogens is 398 g/mol. The molecule has 27 heavy (non-hydrogen) atoms. The second kappa shape index (κ2) is 7.80. The molecule has 0 aliphatic rings. The van der Waals surface area contributed by atoms with Gasteiger partial charge in [0.15, 0.2) is 0 Å². The third kappa shape index (κ3) is 3.53. The summed E-state index contributed by atoms with van der Waals surface area (Å²) in [4.78, 5) is 4.69. The summed E-state index contributed by atoms with van der Waals surface area (Å²) in [6.07, 6.45) is 2.15. The van der Waals surface area contributed by atoms with Crippen molar-refractivity contribution in [2.75, 3.05) is 0 Å². The monoisotopic (exact) mass is 417 g/mol. The highest BCUT2D eigenvalue weighted by Gasteiger charge is 2.12. The predicted octanol–water partition coefficient (Wildman–Crippen LogP) is 6.07. The number of rotatable bonds is 2. The molecule has 0 saturated carbocycles. The van der Waals surface area contributed by atoms with Gasteiger partial charge in [-0.05, 0) is 23.3 Å². The molecule has 3 nitrogen and oxygen atoms in total. The first-order valence-corrected chi connectivity index (χ1v) is 9.98. The number of nitrogens with zero attached hydrogens (tertiary/aromatic N) is 3. The van der Waals surface area contributed by atoms with Gasteiger partial charge in [0, 0.05) is 18.6 Å². The Morgan fingerprint density at radius 3 is 2.11 bits per heavy atom. The standard InChI is InChI=1S/C16H13N3.C7H7Br/c1-18-15(12-7-3-2-4-8-12)11-19-14-10-6-5-9-13(14)17-16(18)19;8-6-7-4-2-1-3-5-7/h2-11H,1H3;1-5H,6H2. The zero-order chi connectivity index (χ0) is 18.6. The van der Waals surface area contributed by atoms with E-state index in [1.54, 1.807) is 0 Å². The Balaban J connectivity index is 0.000000190. The van der Waals surface area contributed by atoms with E-state index in [0.29, 0.717) is 0 Å². The quantitative estimate of drug-likeness (QED) is 0.319. The zero-order valence-corrected chi connectivity index (χ0v) is 16.7. The maximum absolute atomic E-state index is 4.69. The maximum atomic E-state index is 4.69. The van der Waals surface area contributed by atoms with Gasteiger partial charge in [-0.1, -0.05) is 88.7 Å². The van der Waals surface area contributed by atoms with Crippen LogP contribution in [0.3, 0.4) is 0 Å². The molecule has 0 unspecified atom stereocenters. The molecule has 0 atom stereocenters. The van der Waals surface area contributed by atoms with Gasteiger partial charge in [-0.15, -0.1) is 0 Å². The van der Waals surface area contributed by atoms with Crippen LogP contribution in [0.1, 0.15) is 5.56 Å². The molecule has 0 aliphatic carbocycles. The fourth-order valence-corrected chi connectivity index (χ4v) is 3.53. The first-order valence-electron chi connectivity index (χ1n) is 8.86. The molecule has 3 aromatic carbocycles. The molecule has 0 aliphatic heterocycles. The lowest BCUT2D eigenvalue weighted by molar-refractivity contribution is 0.948. The Labute approximate surface area is 167 Å². The van der Waals surface area contributed by atoms with Gasteiger partial charge in [0.05, 0.1) is 16.7 Å². The van der Waals surface area contributed by atoms with E-state index in [2.05, 4.69) is 85.6 Å².